The first kappa shape index (κ1) is 13.4. The summed E-state index contributed by atoms with van der Waals surface area (Å²) in [5, 5.41) is 12.1. The Morgan fingerprint density at radius 1 is 1.59 bits per heavy atom. The molecule has 92 valence electrons. The van der Waals surface area contributed by atoms with Crippen molar-refractivity contribution in [3.05, 3.63) is 29.8 Å². The second-order valence-corrected chi connectivity index (χ2v) is 4.32. The standard InChI is InChI=1S/C12H16N2O2S/c1-2-9(7-11(13)17)14-12(16)8-4-3-5-10(15)6-8/h3-6,9,15H,2,7H2,1H3,(H2,13,17)(H,14,16). The van der Waals surface area contributed by atoms with Gasteiger partial charge in [0.05, 0.1) is 4.99 Å². The molecule has 0 saturated carbocycles. The monoisotopic (exact) mass is 252 g/mol. The number of rotatable bonds is 5. The maximum absolute atomic E-state index is 11.8. The minimum Gasteiger partial charge on any atom is -0.508 e. The Kier molecular flexibility index (Phi) is 4.90. The van der Waals surface area contributed by atoms with Gasteiger partial charge in [0.1, 0.15) is 5.75 Å². The van der Waals surface area contributed by atoms with Gasteiger partial charge in [0.25, 0.3) is 5.91 Å². The quantitative estimate of drug-likeness (QED) is 0.695. The Balaban J connectivity index is 2.67. The minimum absolute atomic E-state index is 0.0673. The summed E-state index contributed by atoms with van der Waals surface area (Å²) in [5.74, 6) is -0.163. The fourth-order valence-corrected chi connectivity index (χ4v) is 1.66. The molecule has 1 rings (SSSR count). The predicted molar refractivity (Wildman–Crippen MR) is 71.1 cm³/mol. The number of carbonyl (C=O) groups is 1. The number of nitrogens with two attached hydrogens (primary N) is 1. The van der Waals surface area contributed by atoms with Crippen molar-refractivity contribution in [1.82, 2.24) is 5.32 Å². The van der Waals surface area contributed by atoms with E-state index in [0.29, 0.717) is 17.0 Å². The third-order valence-electron chi connectivity index (χ3n) is 2.38. The molecule has 1 aromatic rings. The van der Waals surface area contributed by atoms with Crippen molar-refractivity contribution < 1.29 is 9.90 Å². The molecule has 0 aliphatic rings. The first-order valence-corrected chi connectivity index (χ1v) is 5.82. The highest BCUT2D eigenvalue weighted by molar-refractivity contribution is 7.80. The lowest BCUT2D eigenvalue weighted by atomic mass is 10.1. The lowest BCUT2D eigenvalue weighted by molar-refractivity contribution is 0.0937. The van der Waals surface area contributed by atoms with Gasteiger partial charge in [-0.15, -0.1) is 0 Å². The van der Waals surface area contributed by atoms with Crippen LogP contribution in [-0.4, -0.2) is 22.0 Å². The summed E-state index contributed by atoms with van der Waals surface area (Å²) in [6.45, 7) is 1.95. The largest absolute Gasteiger partial charge is 0.508 e. The second kappa shape index (κ2) is 6.20. The smallest absolute Gasteiger partial charge is 0.251 e. The van der Waals surface area contributed by atoms with Gasteiger partial charge in [-0.2, -0.15) is 0 Å². The summed E-state index contributed by atoms with van der Waals surface area (Å²) in [6.07, 6.45) is 1.23. The Morgan fingerprint density at radius 2 is 2.29 bits per heavy atom. The van der Waals surface area contributed by atoms with E-state index in [9.17, 15) is 9.90 Å². The van der Waals surface area contributed by atoms with E-state index in [4.69, 9.17) is 18.0 Å². The molecular formula is C12H16N2O2S. The third kappa shape index (κ3) is 4.40. The lowest BCUT2D eigenvalue weighted by Crippen LogP contribution is -2.37. The second-order valence-electron chi connectivity index (χ2n) is 3.80. The first-order chi connectivity index (χ1) is 8.02. The van der Waals surface area contributed by atoms with Crippen LogP contribution in [0, 0.1) is 0 Å². The Hall–Kier alpha value is -1.62. The van der Waals surface area contributed by atoms with Gasteiger partial charge in [0, 0.05) is 18.0 Å². The van der Waals surface area contributed by atoms with E-state index in [1.165, 1.54) is 12.1 Å². The molecule has 17 heavy (non-hydrogen) atoms. The van der Waals surface area contributed by atoms with E-state index >= 15 is 0 Å². The zero-order chi connectivity index (χ0) is 12.8. The number of hydrogen-bond donors (Lipinski definition) is 3. The zero-order valence-corrected chi connectivity index (χ0v) is 10.5. The predicted octanol–water partition coefficient (Wildman–Crippen LogP) is 1.58. The Morgan fingerprint density at radius 3 is 2.82 bits per heavy atom. The summed E-state index contributed by atoms with van der Waals surface area (Å²) in [5.41, 5.74) is 5.87. The number of benzene rings is 1. The third-order valence-corrected chi connectivity index (χ3v) is 2.55. The van der Waals surface area contributed by atoms with Crippen LogP contribution in [0.3, 0.4) is 0 Å². The van der Waals surface area contributed by atoms with Gasteiger partial charge in [-0.25, -0.2) is 0 Å². The van der Waals surface area contributed by atoms with Crippen molar-refractivity contribution in [1.29, 1.82) is 0 Å². The molecule has 1 amide bonds. The first-order valence-electron chi connectivity index (χ1n) is 5.41. The molecule has 0 aliphatic heterocycles. The van der Waals surface area contributed by atoms with Crippen LogP contribution in [0.5, 0.6) is 5.75 Å². The molecule has 0 heterocycles. The molecule has 0 spiro atoms. The van der Waals surface area contributed by atoms with Crippen molar-refractivity contribution in [2.45, 2.75) is 25.8 Å². The number of carbonyl (C=O) groups excluding carboxylic acids is 1. The topological polar surface area (TPSA) is 75.3 Å². The highest BCUT2D eigenvalue weighted by Crippen LogP contribution is 2.11. The lowest BCUT2D eigenvalue weighted by Gasteiger charge is -2.16. The average molecular weight is 252 g/mol. The molecule has 0 fully saturated rings. The zero-order valence-electron chi connectivity index (χ0n) is 9.64. The molecule has 5 heteroatoms. The van der Waals surface area contributed by atoms with E-state index < -0.39 is 0 Å². The molecular weight excluding hydrogens is 236 g/mol. The molecule has 4 nitrogen and oxygen atoms in total. The van der Waals surface area contributed by atoms with Gasteiger partial charge in [-0.1, -0.05) is 25.2 Å². The van der Waals surface area contributed by atoms with Crippen LogP contribution in [0.2, 0.25) is 0 Å². The molecule has 1 aromatic carbocycles. The van der Waals surface area contributed by atoms with Crippen LogP contribution in [0.25, 0.3) is 0 Å². The van der Waals surface area contributed by atoms with E-state index in [1.54, 1.807) is 12.1 Å². The number of amides is 1. The molecule has 0 radical (unpaired) electrons. The van der Waals surface area contributed by atoms with Crippen LogP contribution < -0.4 is 11.1 Å². The van der Waals surface area contributed by atoms with Crippen molar-refractivity contribution in [2.24, 2.45) is 5.73 Å². The maximum atomic E-state index is 11.8. The van der Waals surface area contributed by atoms with Crippen LogP contribution in [-0.2, 0) is 0 Å². The maximum Gasteiger partial charge on any atom is 0.251 e. The number of hydrogen-bond acceptors (Lipinski definition) is 3. The summed E-state index contributed by atoms with van der Waals surface area (Å²) in [4.78, 5) is 12.2. The van der Waals surface area contributed by atoms with E-state index in [2.05, 4.69) is 5.32 Å². The van der Waals surface area contributed by atoms with Crippen LogP contribution in [0.15, 0.2) is 24.3 Å². The van der Waals surface area contributed by atoms with Crippen LogP contribution in [0.1, 0.15) is 30.1 Å². The van der Waals surface area contributed by atoms with Crippen molar-refractivity contribution in [2.75, 3.05) is 0 Å². The van der Waals surface area contributed by atoms with Crippen LogP contribution in [0.4, 0.5) is 0 Å². The summed E-state index contributed by atoms with van der Waals surface area (Å²) >= 11 is 4.81. The number of phenols is 1. The molecule has 0 bridgehead atoms. The molecule has 1 atom stereocenters. The van der Waals surface area contributed by atoms with Gasteiger partial charge in [-0.05, 0) is 24.6 Å². The van der Waals surface area contributed by atoms with Crippen molar-refractivity contribution in [3.8, 4) is 5.75 Å². The van der Waals surface area contributed by atoms with Crippen molar-refractivity contribution >= 4 is 23.1 Å². The van der Waals surface area contributed by atoms with Crippen LogP contribution >= 0.6 is 12.2 Å². The fourth-order valence-electron chi connectivity index (χ4n) is 1.46. The molecule has 0 aromatic heterocycles. The molecule has 0 saturated heterocycles. The van der Waals surface area contributed by atoms with Crippen molar-refractivity contribution in [3.63, 3.8) is 0 Å². The average Bonchev–Trinajstić information content (AvgIpc) is 2.27. The van der Waals surface area contributed by atoms with Gasteiger partial charge >= 0.3 is 0 Å². The van der Waals surface area contributed by atoms with E-state index in [1.807, 2.05) is 6.92 Å². The van der Waals surface area contributed by atoms with Gasteiger partial charge < -0.3 is 16.2 Å². The van der Waals surface area contributed by atoms with Gasteiger partial charge in [0.2, 0.25) is 0 Å². The SMILES string of the molecule is CCC(CC(N)=S)NC(=O)c1cccc(O)c1. The number of aromatic hydroxyl groups is 1. The Labute approximate surface area is 106 Å². The Bertz CT molecular complexity index is 421. The summed E-state index contributed by atoms with van der Waals surface area (Å²) in [6, 6.07) is 6.13. The summed E-state index contributed by atoms with van der Waals surface area (Å²) in [7, 11) is 0. The molecule has 1 unspecified atom stereocenters. The minimum atomic E-state index is -0.232. The van der Waals surface area contributed by atoms with E-state index in [-0.39, 0.29) is 17.7 Å². The molecule has 4 N–H and O–H groups in total. The highest BCUT2D eigenvalue weighted by atomic mass is 32.1. The number of thiocarbonyl (C=S) groups is 1. The molecule has 0 aliphatic carbocycles. The van der Waals surface area contributed by atoms with E-state index in [0.717, 1.165) is 6.42 Å². The highest BCUT2D eigenvalue weighted by Gasteiger charge is 2.13. The van der Waals surface area contributed by atoms with Gasteiger partial charge in [0.15, 0.2) is 0 Å². The fraction of sp³-hybridized carbons (Fsp3) is 0.333. The van der Waals surface area contributed by atoms with Gasteiger partial charge in [-0.3, -0.25) is 4.79 Å². The normalized spacial score (nSPS) is 11.8. The number of phenolic OH excluding ortho intramolecular Hbond substituents is 1. The summed E-state index contributed by atoms with van der Waals surface area (Å²) < 4.78 is 0. The number of nitrogens with one attached hydrogen (secondary N) is 1.